The van der Waals surface area contributed by atoms with Gasteiger partial charge >= 0.3 is 0 Å². The number of para-hydroxylation sites is 2. The number of methoxy groups -OCH3 is 1. The van der Waals surface area contributed by atoms with Crippen LogP contribution in [0.5, 0.6) is 11.5 Å². The molecule has 6 heteroatoms. The van der Waals surface area contributed by atoms with Crippen molar-refractivity contribution in [3.8, 4) is 23.0 Å². The van der Waals surface area contributed by atoms with Gasteiger partial charge in [-0.2, -0.15) is 0 Å². The van der Waals surface area contributed by atoms with Crippen molar-refractivity contribution < 1.29 is 13.9 Å². The molecule has 0 saturated carbocycles. The van der Waals surface area contributed by atoms with E-state index in [1.165, 1.54) is 17.3 Å². The lowest BCUT2D eigenvalue weighted by Gasteiger charge is -2.07. The molecule has 0 aliphatic carbocycles. The van der Waals surface area contributed by atoms with Crippen LogP contribution in [0.4, 0.5) is 0 Å². The predicted molar refractivity (Wildman–Crippen MR) is 91.6 cm³/mol. The molecule has 1 atom stereocenters. The van der Waals surface area contributed by atoms with Crippen LogP contribution in [0.3, 0.4) is 0 Å². The highest BCUT2D eigenvalue weighted by molar-refractivity contribution is 7.99. The number of hydrogen-bond donors (Lipinski definition) is 0. The third-order valence-corrected chi connectivity index (χ3v) is 4.80. The van der Waals surface area contributed by atoms with Crippen molar-refractivity contribution >= 4 is 11.8 Å². The second kappa shape index (κ2) is 6.57. The molecule has 0 radical (unpaired) electrons. The van der Waals surface area contributed by atoms with E-state index in [9.17, 15) is 0 Å². The maximum absolute atomic E-state index is 5.93. The summed E-state index contributed by atoms with van der Waals surface area (Å²) in [6, 6.07) is 15.7. The molecule has 0 bridgehead atoms. The highest BCUT2D eigenvalue weighted by Gasteiger charge is 2.23. The Hall–Kier alpha value is -2.47. The van der Waals surface area contributed by atoms with Crippen LogP contribution >= 0.6 is 11.8 Å². The van der Waals surface area contributed by atoms with Gasteiger partial charge in [0.15, 0.2) is 0 Å². The van der Waals surface area contributed by atoms with Crippen molar-refractivity contribution in [2.45, 2.75) is 17.7 Å². The molecule has 0 fully saturated rings. The van der Waals surface area contributed by atoms with Crippen molar-refractivity contribution in [1.82, 2.24) is 10.2 Å². The molecule has 1 aromatic heterocycles. The first-order valence-corrected chi connectivity index (χ1v) is 8.66. The van der Waals surface area contributed by atoms with Gasteiger partial charge in [0.1, 0.15) is 17.6 Å². The number of aromatic nitrogens is 2. The minimum atomic E-state index is 0.133. The molecular weight excluding hydrogens is 324 g/mol. The maximum Gasteiger partial charge on any atom is 0.276 e. The molecule has 0 saturated heterocycles. The van der Waals surface area contributed by atoms with Crippen LogP contribution in [-0.4, -0.2) is 29.2 Å². The van der Waals surface area contributed by atoms with Crippen LogP contribution in [0, 0.1) is 0 Å². The predicted octanol–water partition coefficient (Wildman–Crippen LogP) is 3.84. The minimum Gasteiger partial charge on any atom is -0.496 e. The average Bonchev–Trinajstić information content (AvgIpc) is 3.26. The summed E-state index contributed by atoms with van der Waals surface area (Å²) >= 11 is 1.51. The molecular formula is C18H16N2O3S. The zero-order valence-electron chi connectivity index (χ0n) is 13.1. The molecule has 2 aromatic carbocycles. The van der Waals surface area contributed by atoms with E-state index < -0.39 is 0 Å². The van der Waals surface area contributed by atoms with E-state index in [1.54, 1.807) is 7.11 Å². The zero-order chi connectivity index (χ0) is 16.4. The van der Waals surface area contributed by atoms with E-state index in [4.69, 9.17) is 13.9 Å². The van der Waals surface area contributed by atoms with Gasteiger partial charge < -0.3 is 13.9 Å². The van der Waals surface area contributed by atoms with Crippen LogP contribution < -0.4 is 9.47 Å². The Morgan fingerprint density at radius 3 is 2.83 bits per heavy atom. The zero-order valence-corrected chi connectivity index (χ0v) is 14.0. The van der Waals surface area contributed by atoms with Crippen molar-refractivity contribution in [2.75, 3.05) is 12.9 Å². The van der Waals surface area contributed by atoms with Gasteiger partial charge in [-0.3, -0.25) is 0 Å². The number of benzene rings is 2. The average molecular weight is 340 g/mol. The number of rotatable bonds is 5. The molecule has 0 unspecified atom stereocenters. The quantitative estimate of drug-likeness (QED) is 0.658. The molecule has 2 heterocycles. The lowest BCUT2D eigenvalue weighted by Crippen LogP contribution is -2.15. The van der Waals surface area contributed by atoms with Crippen molar-refractivity contribution in [2.24, 2.45) is 0 Å². The molecule has 4 rings (SSSR count). The van der Waals surface area contributed by atoms with E-state index in [-0.39, 0.29) is 6.10 Å². The Morgan fingerprint density at radius 1 is 1.12 bits per heavy atom. The normalized spacial score (nSPS) is 15.8. The summed E-state index contributed by atoms with van der Waals surface area (Å²) < 4.78 is 17.0. The summed E-state index contributed by atoms with van der Waals surface area (Å²) in [5, 5.41) is 8.77. The van der Waals surface area contributed by atoms with Gasteiger partial charge in [0.25, 0.3) is 11.1 Å². The molecule has 0 spiro atoms. The van der Waals surface area contributed by atoms with Crippen molar-refractivity contribution in [3.63, 3.8) is 0 Å². The van der Waals surface area contributed by atoms with E-state index in [2.05, 4.69) is 16.3 Å². The van der Waals surface area contributed by atoms with Crippen molar-refractivity contribution in [1.29, 1.82) is 0 Å². The molecule has 24 heavy (non-hydrogen) atoms. The standard InChI is InChI=1S/C18H16N2O3S/c1-21-16-9-5-3-7-14(16)17-19-20-18(23-17)24-11-13-10-12-6-2-4-8-15(12)22-13/h2-9,13H,10-11H2,1H3/t13-/m0/s1. The molecule has 1 aliphatic heterocycles. The Balaban J connectivity index is 1.42. The van der Waals surface area contributed by atoms with Crippen LogP contribution in [0.15, 0.2) is 58.2 Å². The minimum absolute atomic E-state index is 0.133. The Morgan fingerprint density at radius 2 is 1.96 bits per heavy atom. The first-order valence-electron chi connectivity index (χ1n) is 7.68. The van der Waals surface area contributed by atoms with E-state index in [1.807, 2.05) is 42.5 Å². The summed E-state index contributed by atoms with van der Waals surface area (Å²) in [5.41, 5.74) is 2.05. The molecule has 0 amide bonds. The third-order valence-electron chi connectivity index (χ3n) is 3.85. The Bertz CT molecular complexity index is 825. The van der Waals surface area contributed by atoms with Gasteiger partial charge in [0.05, 0.1) is 12.7 Å². The Labute approximate surface area is 144 Å². The van der Waals surface area contributed by atoms with Gasteiger partial charge in [-0.25, -0.2) is 0 Å². The monoisotopic (exact) mass is 340 g/mol. The summed E-state index contributed by atoms with van der Waals surface area (Å²) in [6.07, 6.45) is 1.05. The SMILES string of the molecule is COc1ccccc1-c1nnc(SC[C@@H]2Cc3ccccc3O2)o1. The molecule has 5 nitrogen and oxygen atoms in total. The van der Waals surface area contributed by atoms with Gasteiger partial charge in [-0.05, 0) is 23.8 Å². The Kier molecular flexibility index (Phi) is 4.13. The van der Waals surface area contributed by atoms with E-state index >= 15 is 0 Å². The topological polar surface area (TPSA) is 57.4 Å². The molecule has 0 N–H and O–H groups in total. The van der Waals surface area contributed by atoms with Gasteiger partial charge in [0, 0.05) is 12.2 Å². The lowest BCUT2D eigenvalue weighted by molar-refractivity contribution is 0.259. The second-order valence-corrected chi connectivity index (χ2v) is 6.41. The van der Waals surface area contributed by atoms with Crippen LogP contribution in [0.2, 0.25) is 0 Å². The third kappa shape index (κ3) is 2.97. The number of hydrogen-bond acceptors (Lipinski definition) is 6. The molecule has 1 aliphatic rings. The number of ether oxygens (including phenoxy) is 2. The number of nitrogens with zero attached hydrogens (tertiary/aromatic N) is 2. The van der Waals surface area contributed by atoms with E-state index in [0.717, 1.165) is 23.5 Å². The first kappa shape index (κ1) is 15.1. The fourth-order valence-corrected chi connectivity index (χ4v) is 3.46. The number of fused-ring (bicyclic) bond motifs is 1. The van der Waals surface area contributed by atoms with Gasteiger partial charge in [-0.15, -0.1) is 10.2 Å². The lowest BCUT2D eigenvalue weighted by atomic mass is 10.1. The van der Waals surface area contributed by atoms with E-state index in [0.29, 0.717) is 16.9 Å². The maximum atomic E-state index is 5.93. The largest absolute Gasteiger partial charge is 0.496 e. The van der Waals surface area contributed by atoms with Gasteiger partial charge in [0.2, 0.25) is 0 Å². The summed E-state index contributed by atoms with van der Waals surface area (Å²) in [7, 11) is 1.62. The summed E-state index contributed by atoms with van der Waals surface area (Å²) in [6.45, 7) is 0. The van der Waals surface area contributed by atoms with Crippen LogP contribution in [-0.2, 0) is 6.42 Å². The fraction of sp³-hybridized carbons (Fsp3) is 0.222. The fourth-order valence-electron chi connectivity index (χ4n) is 2.71. The summed E-state index contributed by atoms with van der Waals surface area (Å²) in [4.78, 5) is 0. The van der Waals surface area contributed by atoms with Crippen LogP contribution in [0.1, 0.15) is 5.56 Å². The highest BCUT2D eigenvalue weighted by atomic mass is 32.2. The molecule has 3 aromatic rings. The second-order valence-electron chi connectivity index (χ2n) is 5.44. The smallest absolute Gasteiger partial charge is 0.276 e. The molecule has 122 valence electrons. The number of thioether (sulfide) groups is 1. The highest BCUT2D eigenvalue weighted by Crippen LogP contribution is 2.33. The van der Waals surface area contributed by atoms with Gasteiger partial charge in [-0.1, -0.05) is 42.1 Å². The van der Waals surface area contributed by atoms with Crippen LogP contribution in [0.25, 0.3) is 11.5 Å². The first-order chi connectivity index (χ1) is 11.8. The van der Waals surface area contributed by atoms with Crippen molar-refractivity contribution in [3.05, 3.63) is 54.1 Å². The summed E-state index contributed by atoms with van der Waals surface area (Å²) in [5.74, 6) is 2.92.